The van der Waals surface area contributed by atoms with E-state index in [1.807, 2.05) is 25.3 Å². The summed E-state index contributed by atoms with van der Waals surface area (Å²) in [4.78, 5) is 9.47. The van der Waals surface area contributed by atoms with Crippen LogP contribution in [0.15, 0.2) is 48.7 Å². The molecule has 0 N–H and O–H groups in total. The molecular weight excluding hydrogens is 334 g/mol. The van der Waals surface area contributed by atoms with Gasteiger partial charge in [0.1, 0.15) is 12.4 Å². The Morgan fingerprint density at radius 3 is 2.59 bits per heavy atom. The zero-order chi connectivity index (χ0) is 18.6. The van der Waals surface area contributed by atoms with Crippen molar-refractivity contribution in [2.75, 3.05) is 33.3 Å². The second-order valence-corrected chi connectivity index (χ2v) is 8.04. The lowest BCUT2D eigenvalue weighted by Crippen LogP contribution is -2.45. The maximum absolute atomic E-state index is 5.83. The van der Waals surface area contributed by atoms with E-state index in [1.165, 1.54) is 37.9 Å². The first-order valence-corrected chi connectivity index (χ1v) is 10.3. The first-order valence-electron chi connectivity index (χ1n) is 10.3. The summed E-state index contributed by atoms with van der Waals surface area (Å²) in [6.07, 6.45) is 5.66. The fourth-order valence-electron chi connectivity index (χ4n) is 4.34. The monoisotopic (exact) mass is 365 g/mol. The van der Waals surface area contributed by atoms with E-state index in [0.717, 1.165) is 42.6 Å². The van der Waals surface area contributed by atoms with Gasteiger partial charge in [0.15, 0.2) is 0 Å². The van der Waals surface area contributed by atoms with Crippen LogP contribution in [0.2, 0.25) is 0 Å². The normalized spacial score (nSPS) is 23.5. The number of aryl methyl sites for hydroxylation is 1. The average molecular weight is 366 g/mol. The van der Waals surface area contributed by atoms with Gasteiger partial charge in [0.2, 0.25) is 0 Å². The summed E-state index contributed by atoms with van der Waals surface area (Å²) in [5, 5.41) is 0. The number of aromatic nitrogens is 1. The number of nitrogens with zero attached hydrogens (tertiary/aromatic N) is 3. The van der Waals surface area contributed by atoms with Crippen LogP contribution in [0.1, 0.15) is 36.4 Å². The molecule has 1 aliphatic carbocycles. The Kier molecular flexibility index (Phi) is 5.74. The topological polar surface area (TPSA) is 28.6 Å². The van der Waals surface area contributed by atoms with Crippen molar-refractivity contribution in [3.63, 3.8) is 0 Å². The van der Waals surface area contributed by atoms with Crippen LogP contribution < -0.4 is 4.74 Å². The van der Waals surface area contributed by atoms with Gasteiger partial charge in [-0.15, -0.1) is 0 Å². The van der Waals surface area contributed by atoms with E-state index in [4.69, 9.17) is 4.74 Å². The zero-order valence-electron chi connectivity index (χ0n) is 16.6. The summed E-state index contributed by atoms with van der Waals surface area (Å²) in [7, 11) is 2.33. The molecule has 2 heterocycles. The fraction of sp³-hybridized carbons (Fsp3) is 0.522. The Bertz CT molecular complexity index is 710. The Hall–Kier alpha value is -1.91. The van der Waals surface area contributed by atoms with Gasteiger partial charge in [0.05, 0.1) is 6.20 Å². The molecule has 1 saturated heterocycles. The van der Waals surface area contributed by atoms with Crippen LogP contribution in [-0.4, -0.2) is 60.2 Å². The minimum Gasteiger partial charge on any atom is -0.491 e. The number of likely N-dealkylation sites (tertiary alicyclic amines) is 1. The Morgan fingerprint density at radius 2 is 1.89 bits per heavy atom. The molecular formula is C23H31N3O. The van der Waals surface area contributed by atoms with Crippen LogP contribution in [-0.2, 0) is 0 Å². The van der Waals surface area contributed by atoms with E-state index in [0.29, 0.717) is 0 Å². The summed E-state index contributed by atoms with van der Waals surface area (Å²) in [5.41, 5.74) is 2.54. The summed E-state index contributed by atoms with van der Waals surface area (Å²) < 4.78 is 5.83. The van der Waals surface area contributed by atoms with E-state index in [-0.39, 0.29) is 0 Å². The first-order chi connectivity index (χ1) is 13.2. The van der Waals surface area contributed by atoms with Gasteiger partial charge in [-0.1, -0.05) is 30.3 Å². The number of hydrogen-bond acceptors (Lipinski definition) is 4. The molecule has 4 rings (SSSR count). The van der Waals surface area contributed by atoms with E-state index in [2.05, 4.69) is 52.2 Å². The minimum atomic E-state index is 0.724. The third kappa shape index (κ3) is 4.69. The maximum atomic E-state index is 5.83. The number of hydrogen-bond donors (Lipinski definition) is 0. The lowest BCUT2D eigenvalue weighted by molar-refractivity contribution is 0.110. The first kappa shape index (κ1) is 18.5. The second-order valence-electron chi connectivity index (χ2n) is 8.04. The summed E-state index contributed by atoms with van der Waals surface area (Å²) >= 11 is 0. The van der Waals surface area contributed by atoms with Gasteiger partial charge in [-0.25, -0.2) is 0 Å². The number of rotatable bonds is 7. The Labute approximate surface area is 163 Å². The maximum Gasteiger partial charge on any atom is 0.137 e. The SMILES string of the molecule is Cc1ccc(OCCN2CCC(N(C)[C@@H]3CC3c3ccccc3)CC2)cn1. The summed E-state index contributed by atoms with van der Waals surface area (Å²) in [6.45, 7) is 6.08. The van der Waals surface area contributed by atoms with Gasteiger partial charge in [-0.2, -0.15) is 0 Å². The molecule has 0 spiro atoms. The van der Waals surface area contributed by atoms with Crippen molar-refractivity contribution in [3.05, 3.63) is 59.9 Å². The molecule has 1 saturated carbocycles. The quantitative estimate of drug-likeness (QED) is 0.748. The van der Waals surface area contributed by atoms with Gasteiger partial charge < -0.3 is 4.74 Å². The van der Waals surface area contributed by atoms with Crippen molar-refractivity contribution in [2.45, 2.75) is 44.2 Å². The Morgan fingerprint density at radius 1 is 1.11 bits per heavy atom. The van der Waals surface area contributed by atoms with Gasteiger partial charge in [-0.05, 0) is 64.0 Å². The highest BCUT2D eigenvalue weighted by Gasteiger charge is 2.43. The van der Waals surface area contributed by atoms with E-state index in [9.17, 15) is 0 Å². The standard InChI is InChI=1S/C23H31N3O/c1-18-8-9-21(17-24-18)27-15-14-26-12-10-20(11-13-26)25(2)23-16-22(23)19-6-4-3-5-7-19/h3-9,17,20,22-23H,10-16H2,1-2H3/t22?,23-/m1/s1. The second kappa shape index (κ2) is 8.41. The van der Waals surface area contributed by atoms with Crippen LogP contribution in [0.4, 0.5) is 0 Å². The molecule has 0 bridgehead atoms. The fourth-order valence-corrected chi connectivity index (χ4v) is 4.34. The molecule has 2 aliphatic rings. The lowest BCUT2D eigenvalue weighted by Gasteiger charge is -2.37. The van der Waals surface area contributed by atoms with Crippen molar-refractivity contribution in [1.82, 2.24) is 14.8 Å². The van der Waals surface area contributed by atoms with Crippen LogP contribution in [0.25, 0.3) is 0 Å². The van der Waals surface area contributed by atoms with Gasteiger partial charge in [0, 0.05) is 30.2 Å². The molecule has 2 aromatic rings. The summed E-state index contributed by atoms with van der Waals surface area (Å²) in [6, 6.07) is 16.5. The predicted octanol–water partition coefficient (Wildman–Crippen LogP) is 3.72. The van der Waals surface area contributed by atoms with Crippen molar-refractivity contribution in [2.24, 2.45) is 0 Å². The van der Waals surface area contributed by atoms with Crippen LogP contribution in [0.5, 0.6) is 5.75 Å². The molecule has 0 amide bonds. The van der Waals surface area contributed by atoms with Crippen molar-refractivity contribution in [1.29, 1.82) is 0 Å². The highest BCUT2D eigenvalue weighted by molar-refractivity contribution is 5.28. The summed E-state index contributed by atoms with van der Waals surface area (Å²) in [5.74, 6) is 1.61. The molecule has 1 aliphatic heterocycles. The molecule has 4 nitrogen and oxygen atoms in total. The molecule has 144 valence electrons. The lowest BCUT2D eigenvalue weighted by atomic mass is 10.0. The Balaban J connectivity index is 1.17. The van der Waals surface area contributed by atoms with E-state index < -0.39 is 0 Å². The van der Waals surface area contributed by atoms with Crippen LogP contribution in [0.3, 0.4) is 0 Å². The molecule has 1 unspecified atom stereocenters. The molecule has 0 radical (unpaired) electrons. The highest BCUT2D eigenvalue weighted by Crippen LogP contribution is 2.45. The van der Waals surface area contributed by atoms with Crippen molar-refractivity contribution in [3.8, 4) is 5.75 Å². The van der Waals surface area contributed by atoms with Crippen LogP contribution in [0, 0.1) is 6.92 Å². The largest absolute Gasteiger partial charge is 0.491 e. The molecule has 2 atom stereocenters. The zero-order valence-corrected chi connectivity index (χ0v) is 16.6. The van der Waals surface area contributed by atoms with Gasteiger partial charge in [-0.3, -0.25) is 14.8 Å². The van der Waals surface area contributed by atoms with Gasteiger partial charge in [0.25, 0.3) is 0 Å². The number of benzene rings is 1. The third-order valence-corrected chi connectivity index (χ3v) is 6.20. The molecule has 27 heavy (non-hydrogen) atoms. The van der Waals surface area contributed by atoms with Crippen molar-refractivity contribution >= 4 is 0 Å². The molecule has 4 heteroatoms. The predicted molar refractivity (Wildman–Crippen MR) is 109 cm³/mol. The number of likely N-dealkylation sites (N-methyl/N-ethyl adjacent to an activating group) is 1. The van der Waals surface area contributed by atoms with E-state index in [1.54, 1.807) is 0 Å². The average Bonchev–Trinajstić information content (AvgIpc) is 3.51. The van der Waals surface area contributed by atoms with Crippen LogP contribution >= 0.6 is 0 Å². The smallest absolute Gasteiger partial charge is 0.137 e. The third-order valence-electron chi connectivity index (χ3n) is 6.20. The number of piperidine rings is 1. The van der Waals surface area contributed by atoms with Crippen molar-refractivity contribution < 1.29 is 4.74 Å². The molecule has 1 aromatic heterocycles. The molecule has 1 aromatic carbocycles. The highest BCUT2D eigenvalue weighted by atomic mass is 16.5. The number of pyridine rings is 1. The number of ether oxygens (including phenoxy) is 1. The van der Waals surface area contributed by atoms with Gasteiger partial charge >= 0.3 is 0 Å². The van der Waals surface area contributed by atoms with E-state index >= 15 is 0 Å². The molecule has 2 fully saturated rings. The minimum absolute atomic E-state index is 0.724.